The summed E-state index contributed by atoms with van der Waals surface area (Å²) in [6.45, 7) is -1.99. The molecule has 0 amide bonds. The van der Waals surface area contributed by atoms with E-state index in [0.717, 1.165) is 16.2 Å². The van der Waals surface area contributed by atoms with Crippen LogP contribution in [0, 0.1) is 0 Å². The van der Waals surface area contributed by atoms with E-state index < -0.39 is 73.1 Å². The zero-order valence-corrected chi connectivity index (χ0v) is 22.6. The molecule has 4 aromatic rings. The molecule has 0 aromatic heterocycles. The van der Waals surface area contributed by atoms with E-state index in [1.165, 1.54) is 6.07 Å². The maximum atomic E-state index is 14.1. The molecule has 4 rings (SSSR count). The van der Waals surface area contributed by atoms with Crippen LogP contribution in [0.4, 0.5) is 74.6 Å². The smallest absolute Gasteiger partial charge is 0.460 e. The molecule has 0 aliphatic rings. The lowest BCUT2D eigenvalue weighted by Crippen LogP contribution is -2.74. The SMILES string of the molecule is O=C(Cc1ccc2ccc3cccc4ccc1c2c34)OCCC(F)(F)C(F)(F)C(F)(F)C(F)(F)C(F)(F)C(F)(F)C(F)(F)C(F)(F)F. The van der Waals surface area contributed by atoms with Crippen molar-refractivity contribution in [3.63, 3.8) is 0 Å². The Kier molecular flexibility index (Phi) is 8.33. The number of ether oxygens (including phenoxy) is 1. The van der Waals surface area contributed by atoms with Gasteiger partial charge in [0.2, 0.25) is 0 Å². The molecule has 0 N–H and O–H groups in total. The Labute approximate surface area is 250 Å². The van der Waals surface area contributed by atoms with Gasteiger partial charge >= 0.3 is 53.6 Å². The number of carbonyl (C=O) groups excluding carboxylic acids is 1. The highest BCUT2D eigenvalue weighted by Gasteiger charge is 2.95. The second-order valence-corrected chi connectivity index (χ2v) is 10.4. The fraction of sp³-hybridized carbons (Fsp3) is 0.393. The van der Waals surface area contributed by atoms with E-state index in [2.05, 4.69) is 4.74 Å². The molecule has 0 aliphatic carbocycles. The summed E-state index contributed by atoms with van der Waals surface area (Å²) in [6.07, 6.45) is -11.4. The van der Waals surface area contributed by atoms with Gasteiger partial charge in [-0.2, -0.15) is 74.6 Å². The topological polar surface area (TPSA) is 26.3 Å². The Morgan fingerprint density at radius 1 is 0.511 bits per heavy atom. The Balaban J connectivity index is 1.52. The molecule has 0 radical (unpaired) electrons. The number of carbonyl (C=O) groups is 1. The Morgan fingerprint density at radius 2 is 0.936 bits per heavy atom. The van der Waals surface area contributed by atoms with Crippen molar-refractivity contribution in [1.29, 1.82) is 0 Å². The molecule has 0 aliphatic heterocycles. The third-order valence-electron chi connectivity index (χ3n) is 7.42. The van der Waals surface area contributed by atoms with E-state index in [9.17, 15) is 79.4 Å². The Hall–Kier alpha value is -3.80. The number of rotatable bonds is 11. The van der Waals surface area contributed by atoms with Gasteiger partial charge in [0, 0.05) is 0 Å². The molecule has 0 saturated heterocycles. The van der Waals surface area contributed by atoms with Crippen LogP contribution in [0.15, 0.2) is 54.6 Å². The van der Waals surface area contributed by atoms with Gasteiger partial charge < -0.3 is 4.74 Å². The fourth-order valence-corrected chi connectivity index (χ4v) is 4.80. The van der Waals surface area contributed by atoms with Gasteiger partial charge in [-0.3, -0.25) is 4.79 Å². The summed E-state index contributed by atoms with van der Waals surface area (Å²) in [7, 11) is 0. The zero-order valence-electron chi connectivity index (χ0n) is 22.6. The predicted octanol–water partition coefficient (Wildman–Crippen LogP) is 10.1. The lowest BCUT2D eigenvalue weighted by molar-refractivity contribution is -0.461. The summed E-state index contributed by atoms with van der Waals surface area (Å²) in [5.74, 6) is -58.5. The highest BCUT2D eigenvalue weighted by Crippen LogP contribution is 2.64. The Bertz CT molecular complexity index is 1780. The fourth-order valence-electron chi connectivity index (χ4n) is 4.80. The van der Waals surface area contributed by atoms with Gasteiger partial charge in [0.25, 0.3) is 0 Å². The monoisotopic (exact) mass is 706 g/mol. The van der Waals surface area contributed by atoms with Crippen LogP contribution < -0.4 is 0 Å². The molecule has 258 valence electrons. The van der Waals surface area contributed by atoms with Crippen LogP contribution in [0.1, 0.15) is 12.0 Å². The van der Waals surface area contributed by atoms with E-state index in [-0.39, 0.29) is 5.56 Å². The number of alkyl halides is 17. The maximum Gasteiger partial charge on any atom is 0.460 e. The minimum Gasteiger partial charge on any atom is -0.465 e. The molecule has 0 saturated carbocycles. The zero-order chi connectivity index (χ0) is 35.8. The Morgan fingerprint density at radius 3 is 1.45 bits per heavy atom. The lowest BCUT2D eigenvalue weighted by atomic mass is 9.88. The quantitative estimate of drug-likeness (QED) is 0.0882. The molecule has 0 unspecified atom stereocenters. The summed E-state index contributed by atoms with van der Waals surface area (Å²) < 4.78 is 233. The second kappa shape index (κ2) is 10.9. The largest absolute Gasteiger partial charge is 0.465 e. The molecule has 19 heteroatoms. The van der Waals surface area contributed by atoms with Crippen molar-refractivity contribution in [1.82, 2.24) is 0 Å². The molecule has 0 spiro atoms. The van der Waals surface area contributed by atoms with Crippen molar-refractivity contribution in [3.8, 4) is 0 Å². The van der Waals surface area contributed by atoms with Crippen molar-refractivity contribution in [2.45, 2.75) is 60.5 Å². The first kappa shape index (κ1) is 36.0. The first-order valence-electron chi connectivity index (χ1n) is 12.7. The van der Waals surface area contributed by atoms with E-state index in [0.29, 0.717) is 16.2 Å². The van der Waals surface area contributed by atoms with Gasteiger partial charge in [0.1, 0.15) is 0 Å². The molecule has 0 atom stereocenters. The first-order chi connectivity index (χ1) is 21.2. The molecular formula is C28H15F17O2. The van der Waals surface area contributed by atoms with Crippen LogP contribution in [0.2, 0.25) is 0 Å². The van der Waals surface area contributed by atoms with Crippen LogP contribution in [0.25, 0.3) is 32.3 Å². The van der Waals surface area contributed by atoms with E-state index in [4.69, 9.17) is 0 Å². The molecule has 0 bridgehead atoms. The highest BCUT2D eigenvalue weighted by atomic mass is 19.4. The molecular weight excluding hydrogens is 691 g/mol. The minimum atomic E-state index is -8.70. The van der Waals surface area contributed by atoms with Crippen molar-refractivity contribution >= 4 is 38.3 Å². The van der Waals surface area contributed by atoms with Crippen LogP contribution in [0.3, 0.4) is 0 Å². The summed E-state index contributed by atoms with van der Waals surface area (Å²) >= 11 is 0. The van der Waals surface area contributed by atoms with Crippen molar-refractivity contribution in [2.24, 2.45) is 0 Å². The number of benzene rings is 4. The van der Waals surface area contributed by atoms with E-state index in [1.54, 1.807) is 48.5 Å². The first-order valence-corrected chi connectivity index (χ1v) is 12.7. The van der Waals surface area contributed by atoms with Crippen LogP contribution >= 0.6 is 0 Å². The summed E-state index contributed by atoms with van der Waals surface area (Å²) in [6, 6.07) is 15.1. The van der Waals surface area contributed by atoms with Crippen molar-refractivity contribution in [2.75, 3.05) is 6.61 Å². The van der Waals surface area contributed by atoms with E-state index >= 15 is 0 Å². The van der Waals surface area contributed by atoms with Crippen molar-refractivity contribution < 1.29 is 84.2 Å². The third-order valence-corrected chi connectivity index (χ3v) is 7.42. The van der Waals surface area contributed by atoms with Gasteiger partial charge in [0.15, 0.2) is 0 Å². The van der Waals surface area contributed by atoms with Crippen LogP contribution in [-0.4, -0.2) is 60.2 Å². The average Bonchev–Trinajstić information content (AvgIpc) is 2.95. The minimum absolute atomic E-state index is 0.183. The number of hydrogen-bond donors (Lipinski definition) is 0. The molecule has 2 nitrogen and oxygen atoms in total. The average molecular weight is 706 g/mol. The van der Waals surface area contributed by atoms with Crippen molar-refractivity contribution in [3.05, 3.63) is 60.2 Å². The van der Waals surface area contributed by atoms with Gasteiger partial charge in [-0.1, -0.05) is 54.6 Å². The van der Waals surface area contributed by atoms with Crippen LogP contribution in [-0.2, 0) is 16.0 Å². The molecule has 0 fully saturated rings. The van der Waals surface area contributed by atoms with Gasteiger partial charge in [-0.15, -0.1) is 0 Å². The summed E-state index contributed by atoms with van der Waals surface area (Å²) in [5, 5.41) is 4.14. The number of hydrogen-bond acceptors (Lipinski definition) is 2. The van der Waals surface area contributed by atoms with Crippen LogP contribution in [0.5, 0.6) is 0 Å². The van der Waals surface area contributed by atoms with Gasteiger partial charge in [0.05, 0.1) is 19.4 Å². The standard InChI is InChI=1S/C28H15F17O2/c29-21(30,22(31,32)23(33,34)24(35,36)25(37,38)26(39,40)27(41,42)28(43,44)45)10-11-47-18(46)12-16-7-6-15-5-4-13-2-1-3-14-8-9-17(16)20(15)19(13)14/h1-9H,10-12H2. The maximum absolute atomic E-state index is 14.1. The molecule has 47 heavy (non-hydrogen) atoms. The van der Waals surface area contributed by atoms with Gasteiger partial charge in [-0.25, -0.2) is 0 Å². The molecule has 4 aromatic carbocycles. The summed E-state index contributed by atoms with van der Waals surface area (Å²) in [4.78, 5) is 12.3. The summed E-state index contributed by atoms with van der Waals surface area (Å²) in [5.41, 5.74) is 0.183. The normalized spacial score (nSPS) is 14.8. The number of halogens is 17. The molecule has 0 heterocycles. The third kappa shape index (κ3) is 5.14. The highest BCUT2D eigenvalue weighted by molar-refractivity contribution is 6.23. The second-order valence-electron chi connectivity index (χ2n) is 10.4. The van der Waals surface area contributed by atoms with Gasteiger partial charge in [-0.05, 0) is 37.9 Å². The predicted molar refractivity (Wildman–Crippen MR) is 130 cm³/mol. The number of esters is 1. The van der Waals surface area contributed by atoms with E-state index in [1.807, 2.05) is 0 Å². The lowest BCUT2D eigenvalue weighted by Gasteiger charge is -2.42.